The van der Waals surface area contributed by atoms with Gasteiger partial charge >= 0.3 is 5.97 Å². The average molecular weight is 163 g/mol. The van der Waals surface area contributed by atoms with Crippen LogP contribution in [-0.4, -0.2) is 11.0 Å². The monoisotopic (exact) mass is 163 g/mol. The summed E-state index contributed by atoms with van der Waals surface area (Å²) in [6.07, 6.45) is 6.06. The number of hydrogen-bond acceptors (Lipinski definition) is 3. The third-order valence-electron chi connectivity index (χ3n) is 1.21. The largest absolute Gasteiger partial charge is 0.431 e. The van der Waals surface area contributed by atoms with Crippen molar-refractivity contribution in [3.8, 4) is 0 Å². The zero-order valence-corrected chi connectivity index (χ0v) is 6.73. The van der Waals surface area contributed by atoms with Crippen LogP contribution in [0.1, 0.15) is 17.3 Å². The van der Waals surface area contributed by atoms with Crippen LogP contribution in [0.2, 0.25) is 0 Å². The van der Waals surface area contributed by atoms with Gasteiger partial charge in [-0.2, -0.15) is 0 Å². The second-order valence-corrected chi connectivity index (χ2v) is 2.12. The summed E-state index contributed by atoms with van der Waals surface area (Å²) in [5.41, 5.74) is 0.454. The molecule has 1 aromatic heterocycles. The summed E-state index contributed by atoms with van der Waals surface area (Å²) < 4.78 is 4.72. The molecule has 0 aliphatic rings. The van der Waals surface area contributed by atoms with E-state index in [4.69, 9.17) is 4.74 Å². The summed E-state index contributed by atoms with van der Waals surface area (Å²) in [7, 11) is 0. The number of hydrogen-bond donors (Lipinski definition) is 0. The van der Waals surface area contributed by atoms with E-state index in [1.54, 1.807) is 31.3 Å². The molecule has 3 heteroatoms. The molecule has 1 aromatic rings. The zero-order chi connectivity index (χ0) is 8.81. The lowest BCUT2D eigenvalue weighted by Crippen LogP contribution is -2.00. The third kappa shape index (κ3) is 2.20. The molecule has 1 heterocycles. The van der Waals surface area contributed by atoms with Crippen molar-refractivity contribution in [1.82, 2.24) is 4.98 Å². The van der Waals surface area contributed by atoms with E-state index in [1.165, 1.54) is 12.5 Å². The maximum atomic E-state index is 11.1. The van der Waals surface area contributed by atoms with Gasteiger partial charge in [0.1, 0.15) is 0 Å². The predicted molar refractivity (Wildman–Crippen MR) is 44.5 cm³/mol. The fraction of sp³-hybridized carbons (Fsp3) is 0.111. The van der Waals surface area contributed by atoms with Crippen LogP contribution in [0.25, 0.3) is 0 Å². The molecule has 0 aliphatic heterocycles. The van der Waals surface area contributed by atoms with Gasteiger partial charge in [0.15, 0.2) is 0 Å². The van der Waals surface area contributed by atoms with Crippen molar-refractivity contribution in [3.63, 3.8) is 0 Å². The molecule has 0 radical (unpaired) electrons. The number of carbonyl (C=O) groups is 1. The van der Waals surface area contributed by atoms with Crippen LogP contribution in [0.5, 0.6) is 0 Å². The molecule has 62 valence electrons. The first-order chi connectivity index (χ1) is 5.84. The first kappa shape index (κ1) is 8.46. The predicted octanol–water partition coefficient (Wildman–Crippen LogP) is 1.77. The number of aromatic nitrogens is 1. The van der Waals surface area contributed by atoms with E-state index in [9.17, 15) is 4.79 Å². The minimum Gasteiger partial charge on any atom is -0.431 e. The number of rotatable bonds is 2. The normalized spacial score (nSPS) is 10.1. The van der Waals surface area contributed by atoms with Crippen molar-refractivity contribution in [2.24, 2.45) is 0 Å². The van der Waals surface area contributed by atoms with Crippen LogP contribution >= 0.6 is 0 Å². The Morgan fingerprint density at radius 2 is 2.50 bits per heavy atom. The Bertz CT molecular complexity index is 280. The van der Waals surface area contributed by atoms with Gasteiger partial charge in [0, 0.05) is 12.4 Å². The van der Waals surface area contributed by atoms with Crippen LogP contribution in [0, 0.1) is 0 Å². The van der Waals surface area contributed by atoms with E-state index in [-0.39, 0.29) is 5.97 Å². The standard InChI is InChI=1S/C9H9NO2/c1-2-6-12-9(11)8-4-3-5-10-7-8/h2-7H,1H3/b6-2-. The highest BCUT2D eigenvalue weighted by molar-refractivity contribution is 5.89. The number of esters is 1. The number of pyridine rings is 1. The zero-order valence-electron chi connectivity index (χ0n) is 6.73. The van der Waals surface area contributed by atoms with Gasteiger partial charge in [-0.1, -0.05) is 6.08 Å². The molecule has 12 heavy (non-hydrogen) atoms. The molecule has 0 spiro atoms. The van der Waals surface area contributed by atoms with Gasteiger partial charge in [0.05, 0.1) is 11.8 Å². The summed E-state index contributed by atoms with van der Waals surface area (Å²) in [4.78, 5) is 14.9. The highest BCUT2D eigenvalue weighted by atomic mass is 16.5. The number of carbonyl (C=O) groups excluding carboxylic acids is 1. The highest BCUT2D eigenvalue weighted by Gasteiger charge is 2.03. The lowest BCUT2D eigenvalue weighted by molar-refractivity contribution is 0.0662. The number of ether oxygens (including phenoxy) is 1. The van der Waals surface area contributed by atoms with Crippen molar-refractivity contribution in [3.05, 3.63) is 42.4 Å². The summed E-state index contributed by atoms with van der Waals surface area (Å²) in [5.74, 6) is -0.388. The molecule has 0 aromatic carbocycles. The smallest absolute Gasteiger partial charge is 0.344 e. The lowest BCUT2D eigenvalue weighted by atomic mass is 10.3. The van der Waals surface area contributed by atoms with E-state index in [0.717, 1.165) is 0 Å². The molecule has 0 aliphatic carbocycles. The molecular weight excluding hydrogens is 154 g/mol. The Morgan fingerprint density at radius 1 is 1.67 bits per heavy atom. The molecule has 0 fully saturated rings. The summed E-state index contributed by atoms with van der Waals surface area (Å²) in [6.45, 7) is 1.77. The van der Waals surface area contributed by atoms with Gasteiger partial charge in [-0.3, -0.25) is 4.98 Å². The Morgan fingerprint density at radius 3 is 3.08 bits per heavy atom. The van der Waals surface area contributed by atoms with Crippen molar-refractivity contribution in [1.29, 1.82) is 0 Å². The maximum absolute atomic E-state index is 11.1. The molecule has 0 saturated carbocycles. The van der Waals surface area contributed by atoms with E-state index in [1.807, 2.05) is 0 Å². The first-order valence-corrected chi connectivity index (χ1v) is 3.57. The van der Waals surface area contributed by atoms with Crippen LogP contribution in [0.4, 0.5) is 0 Å². The van der Waals surface area contributed by atoms with E-state index >= 15 is 0 Å². The van der Waals surface area contributed by atoms with E-state index < -0.39 is 0 Å². The van der Waals surface area contributed by atoms with Crippen LogP contribution in [-0.2, 0) is 4.74 Å². The van der Waals surface area contributed by atoms with Gasteiger partial charge < -0.3 is 4.74 Å². The molecular formula is C9H9NO2. The van der Waals surface area contributed by atoms with Crippen molar-refractivity contribution in [2.75, 3.05) is 0 Å². The number of allylic oxidation sites excluding steroid dienone is 1. The van der Waals surface area contributed by atoms with Crippen molar-refractivity contribution in [2.45, 2.75) is 6.92 Å². The molecule has 0 saturated heterocycles. The first-order valence-electron chi connectivity index (χ1n) is 3.57. The second kappa shape index (κ2) is 4.28. The van der Waals surface area contributed by atoms with Crippen molar-refractivity contribution >= 4 is 5.97 Å². The molecule has 1 rings (SSSR count). The van der Waals surface area contributed by atoms with Crippen LogP contribution in [0.15, 0.2) is 36.9 Å². The topological polar surface area (TPSA) is 39.2 Å². The molecule has 0 amide bonds. The molecule has 0 N–H and O–H groups in total. The Labute approximate surface area is 70.7 Å². The SMILES string of the molecule is C/C=C\OC(=O)c1cccnc1. The van der Waals surface area contributed by atoms with Gasteiger partial charge in [0.25, 0.3) is 0 Å². The van der Waals surface area contributed by atoms with Crippen LogP contribution < -0.4 is 0 Å². The Balaban J connectivity index is 2.66. The summed E-state index contributed by atoms with van der Waals surface area (Å²) in [5, 5.41) is 0. The Hall–Kier alpha value is -1.64. The lowest BCUT2D eigenvalue weighted by Gasteiger charge is -1.96. The summed E-state index contributed by atoms with van der Waals surface area (Å²) >= 11 is 0. The van der Waals surface area contributed by atoms with Gasteiger partial charge in [-0.05, 0) is 19.1 Å². The summed E-state index contributed by atoms with van der Waals surface area (Å²) in [6, 6.07) is 3.34. The fourth-order valence-electron chi connectivity index (χ4n) is 0.681. The molecule has 0 bridgehead atoms. The van der Waals surface area contributed by atoms with E-state index in [2.05, 4.69) is 4.98 Å². The average Bonchev–Trinajstić information content (AvgIpc) is 2.15. The van der Waals surface area contributed by atoms with Crippen LogP contribution in [0.3, 0.4) is 0 Å². The van der Waals surface area contributed by atoms with Gasteiger partial charge in [-0.25, -0.2) is 4.79 Å². The van der Waals surface area contributed by atoms with Gasteiger partial charge in [-0.15, -0.1) is 0 Å². The molecule has 3 nitrogen and oxygen atoms in total. The van der Waals surface area contributed by atoms with E-state index in [0.29, 0.717) is 5.56 Å². The Kier molecular flexibility index (Phi) is 3.02. The minimum absolute atomic E-state index is 0.388. The van der Waals surface area contributed by atoms with Gasteiger partial charge in [0.2, 0.25) is 0 Å². The minimum atomic E-state index is -0.388. The highest BCUT2D eigenvalue weighted by Crippen LogP contribution is 1.98. The van der Waals surface area contributed by atoms with Crippen molar-refractivity contribution < 1.29 is 9.53 Å². The molecule has 0 unspecified atom stereocenters. The quantitative estimate of drug-likeness (QED) is 0.492. The maximum Gasteiger partial charge on any atom is 0.344 e. The number of nitrogens with zero attached hydrogens (tertiary/aromatic N) is 1. The second-order valence-electron chi connectivity index (χ2n) is 2.12. The third-order valence-corrected chi connectivity index (χ3v) is 1.21. The fourth-order valence-corrected chi connectivity index (χ4v) is 0.681. The molecule has 0 atom stereocenters.